The number of nitrogens with two attached hydrogens (primary N) is 1. The van der Waals surface area contributed by atoms with Gasteiger partial charge in [0.05, 0.1) is 5.75 Å². The van der Waals surface area contributed by atoms with E-state index < -0.39 is 0 Å². The SMILES string of the molecule is Cc1ccc(CN(C)C(=O)CSc2nnc(Cc3cccc4ccccc34)n2N)c(C)c1. The van der Waals surface area contributed by atoms with E-state index in [-0.39, 0.29) is 11.7 Å². The summed E-state index contributed by atoms with van der Waals surface area (Å²) in [6.45, 7) is 4.72. The zero-order chi connectivity index (χ0) is 22.7. The summed E-state index contributed by atoms with van der Waals surface area (Å²) in [5, 5.41) is 11.4. The van der Waals surface area contributed by atoms with Gasteiger partial charge in [0.25, 0.3) is 0 Å². The average Bonchev–Trinajstić information content (AvgIpc) is 3.13. The van der Waals surface area contributed by atoms with Crippen molar-refractivity contribution in [3.8, 4) is 0 Å². The molecule has 32 heavy (non-hydrogen) atoms. The number of fused-ring (bicyclic) bond motifs is 1. The second-order valence-electron chi connectivity index (χ2n) is 8.05. The maximum absolute atomic E-state index is 12.7. The zero-order valence-corrected chi connectivity index (χ0v) is 19.4. The lowest BCUT2D eigenvalue weighted by Gasteiger charge is -2.18. The van der Waals surface area contributed by atoms with E-state index in [1.54, 1.807) is 4.90 Å². The van der Waals surface area contributed by atoms with Crippen molar-refractivity contribution in [2.24, 2.45) is 0 Å². The molecule has 1 amide bonds. The summed E-state index contributed by atoms with van der Waals surface area (Å²) >= 11 is 1.31. The van der Waals surface area contributed by atoms with Gasteiger partial charge in [-0.05, 0) is 41.3 Å². The Morgan fingerprint density at radius 2 is 1.81 bits per heavy atom. The van der Waals surface area contributed by atoms with E-state index >= 15 is 0 Å². The van der Waals surface area contributed by atoms with Gasteiger partial charge < -0.3 is 10.7 Å². The van der Waals surface area contributed by atoms with Gasteiger partial charge in [-0.1, -0.05) is 78.0 Å². The molecule has 1 heterocycles. The lowest BCUT2D eigenvalue weighted by atomic mass is 10.0. The van der Waals surface area contributed by atoms with E-state index in [4.69, 9.17) is 5.84 Å². The molecule has 0 saturated heterocycles. The minimum absolute atomic E-state index is 0.0218. The number of nitrogen functional groups attached to an aromatic ring is 1. The molecule has 2 N–H and O–H groups in total. The maximum Gasteiger partial charge on any atom is 0.233 e. The summed E-state index contributed by atoms with van der Waals surface area (Å²) in [4.78, 5) is 14.4. The van der Waals surface area contributed by atoms with Crippen molar-refractivity contribution >= 4 is 28.4 Å². The Hall–Kier alpha value is -3.32. The first kappa shape index (κ1) is 21.9. The molecule has 4 aromatic rings. The van der Waals surface area contributed by atoms with Gasteiger partial charge >= 0.3 is 0 Å². The number of benzene rings is 3. The predicted molar refractivity (Wildman–Crippen MR) is 130 cm³/mol. The molecule has 0 aliphatic heterocycles. The van der Waals surface area contributed by atoms with E-state index in [2.05, 4.69) is 66.5 Å². The topological polar surface area (TPSA) is 77.0 Å². The second-order valence-corrected chi connectivity index (χ2v) is 8.99. The van der Waals surface area contributed by atoms with Crippen LogP contribution in [0.5, 0.6) is 0 Å². The number of amides is 1. The average molecular weight is 446 g/mol. The fourth-order valence-corrected chi connectivity index (χ4v) is 4.56. The van der Waals surface area contributed by atoms with Crippen LogP contribution in [0, 0.1) is 13.8 Å². The first-order valence-electron chi connectivity index (χ1n) is 10.5. The van der Waals surface area contributed by atoms with Gasteiger partial charge in [-0.3, -0.25) is 4.79 Å². The Kier molecular flexibility index (Phi) is 6.46. The third-order valence-corrected chi connectivity index (χ3v) is 6.55. The number of hydrogen-bond donors (Lipinski definition) is 1. The Morgan fingerprint density at radius 1 is 1.03 bits per heavy atom. The summed E-state index contributed by atoms with van der Waals surface area (Å²) in [6.07, 6.45) is 0.575. The molecule has 0 unspecified atom stereocenters. The molecule has 0 bridgehead atoms. The van der Waals surface area contributed by atoms with Crippen LogP contribution in [0.15, 0.2) is 65.8 Å². The van der Waals surface area contributed by atoms with E-state index in [9.17, 15) is 4.79 Å². The lowest BCUT2D eigenvalue weighted by Crippen LogP contribution is -2.28. The van der Waals surface area contributed by atoms with Gasteiger partial charge in [0, 0.05) is 20.0 Å². The molecule has 0 atom stereocenters. The van der Waals surface area contributed by atoms with Crippen molar-refractivity contribution in [1.29, 1.82) is 0 Å². The van der Waals surface area contributed by atoms with E-state index in [1.165, 1.54) is 38.3 Å². The zero-order valence-electron chi connectivity index (χ0n) is 18.6. The fourth-order valence-electron chi connectivity index (χ4n) is 3.75. The van der Waals surface area contributed by atoms with Gasteiger partial charge in [-0.15, -0.1) is 10.2 Å². The van der Waals surface area contributed by atoms with Crippen molar-refractivity contribution in [2.45, 2.75) is 32.0 Å². The first-order valence-corrected chi connectivity index (χ1v) is 11.5. The molecule has 0 spiro atoms. The molecule has 6 nitrogen and oxygen atoms in total. The van der Waals surface area contributed by atoms with Crippen LogP contribution in [0.25, 0.3) is 10.8 Å². The largest absolute Gasteiger partial charge is 0.341 e. The third-order valence-electron chi connectivity index (χ3n) is 5.62. The van der Waals surface area contributed by atoms with Gasteiger partial charge in [0.2, 0.25) is 11.1 Å². The monoisotopic (exact) mass is 445 g/mol. The fraction of sp³-hybridized carbons (Fsp3) is 0.240. The Morgan fingerprint density at radius 3 is 2.62 bits per heavy atom. The molecule has 3 aromatic carbocycles. The Labute approximate surface area is 192 Å². The molecule has 164 valence electrons. The second kappa shape index (κ2) is 9.44. The number of carbonyl (C=O) groups is 1. The van der Waals surface area contributed by atoms with Crippen molar-refractivity contribution in [1.82, 2.24) is 19.8 Å². The summed E-state index contributed by atoms with van der Waals surface area (Å²) in [5.74, 6) is 7.20. The normalized spacial score (nSPS) is 11.1. The molecule has 0 aliphatic carbocycles. The molecule has 1 aromatic heterocycles. The highest BCUT2D eigenvalue weighted by atomic mass is 32.2. The van der Waals surface area contributed by atoms with Crippen molar-refractivity contribution in [3.05, 3.63) is 88.7 Å². The van der Waals surface area contributed by atoms with Crippen LogP contribution in [0.1, 0.15) is 28.1 Å². The van der Waals surface area contributed by atoms with Crippen LogP contribution in [-0.2, 0) is 17.8 Å². The molecule has 4 rings (SSSR count). The van der Waals surface area contributed by atoms with Crippen LogP contribution in [0.2, 0.25) is 0 Å². The predicted octanol–water partition coefficient (Wildman–Crippen LogP) is 4.10. The summed E-state index contributed by atoms with van der Waals surface area (Å²) in [7, 11) is 1.82. The molecular weight excluding hydrogens is 418 g/mol. The number of aryl methyl sites for hydroxylation is 2. The summed E-state index contributed by atoms with van der Waals surface area (Å²) in [5.41, 5.74) is 4.70. The van der Waals surface area contributed by atoms with E-state index in [0.717, 1.165) is 11.1 Å². The number of carbonyl (C=O) groups excluding carboxylic acids is 1. The molecule has 0 fully saturated rings. The minimum Gasteiger partial charge on any atom is -0.341 e. The van der Waals surface area contributed by atoms with Crippen LogP contribution in [-0.4, -0.2) is 38.5 Å². The highest BCUT2D eigenvalue weighted by molar-refractivity contribution is 7.99. The highest BCUT2D eigenvalue weighted by Gasteiger charge is 2.16. The third kappa shape index (κ3) is 4.78. The number of aromatic nitrogens is 3. The molecule has 0 radical (unpaired) electrons. The van der Waals surface area contributed by atoms with E-state index in [1.807, 2.05) is 25.2 Å². The van der Waals surface area contributed by atoms with Crippen LogP contribution < -0.4 is 5.84 Å². The van der Waals surface area contributed by atoms with Crippen LogP contribution >= 0.6 is 11.8 Å². The number of thioether (sulfide) groups is 1. The molecule has 0 saturated carbocycles. The lowest BCUT2D eigenvalue weighted by molar-refractivity contribution is -0.127. The Balaban J connectivity index is 1.40. The number of hydrogen-bond acceptors (Lipinski definition) is 5. The smallest absolute Gasteiger partial charge is 0.233 e. The quantitative estimate of drug-likeness (QED) is 0.342. The van der Waals surface area contributed by atoms with Crippen molar-refractivity contribution in [2.75, 3.05) is 18.6 Å². The van der Waals surface area contributed by atoms with Gasteiger partial charge in [0.1, 0.15) is 0 Å². The maximum atomic E-state index is 12.7. The minimum atomic E-state index is 0.0218. The van der Waals surface area contributed by atoms with Crippen LogP contribution in [0.4, 0.5) is 0 Å². The van der Waals surface area contributed by atoms with Gasteiger partial charge in [-0.25, -0.2) is 4.68 Å². The summed E-state index contributed by atoms with van der Waals surface area (Å²) in [6, 6.07) is 20.7. The van der Waals surface area contributed by atoms with Crippen molar-refractivity contribution < 1.29 is 4.79 Å². The first-order chi connectivity index (χ1) is 15.4. The molecular formula is C25H27N5OS. The van der Waals surface area contributed by atoms with Gasteiger partial charge in [-0.2, -0.15) is 0 Å². The van der Waals surface area contributed by atoms with E-state index in [0.29, 0.717) is 23.9 Å². The van der Waals surface area contributed by atoms with Gasteiger partial charge in [0.15, 0.2) is 5.82 Å². The highest BCUT2D eigenvalue weighted by Crippen LogP contribution is 2.22. The molecule has 0 aliphatic rings. The van der Waals surface area contributed by atoms with Crippen LogP contribution in [0.3, 0.4) is 0 Å². The standard InChI is InChI=1S/C25H27N5OS/c1-17-11-12-21(18(2)13-17)15-29(3)24(31)16-32-25-28-27-23(30(25)26)14-20-9-6-8-19-7-4-5-10-22(19)20/h4-13H,14-16,26H2,1-3H3. The Bertz CT molecular complexity index is 1260. The van der Waals surface area contributed by atoms with Crippen molar-refractivity contribution in [3.63, 3.8) is 0 Å². The number of rotatable bonds is 7. The summed E-state index contributed by atoms with van der Waals surface area (Å²) < 4.78 is 1.49. The molecule has 7 heteroatoms. The number of nitrogens with zero attached hydrogens (tertiary/aromatic N) is 4.